The summed E-state index contributed by atoms with van der Waals surface area (Å²) in [5, 5.41) is 17.3. The zero-order valence-electron chi connectivity index (χ0n) is 22.8. The average molecular weight is 600 g/mol. The number of benzene rings is 2. The monoisotopic (exact) mass is 599 g/mol. The summed E-state index contributed by atoms with van der Waals surface area (Å²) in [6.45, 7) is -0.258. The van der Waals surface area contributed by atoms with E-state index in [9.17, 15) is 32.3 Å². The minimum absolute atomic E-state index is 0.0322. The van der Waals surface area contributed by atoms with Crippen LogP contribution in [0.5, 0.6) is 11.5 Å². The number of primary amides is 1. The average Bonchev–Trinajstić information content (AvgIpc) is 3.61. The van der Waals surface area contributed by atoms with Crippen molar-refractivity contribution in [1.82, 2.24) is 20.1 Å². The molecule has 43 heavy (non-hydrogen) atoms. The van der Waals surface area contributed by atoms with Gasteiger partial charge in [-0.2, -0.15) is 18.3 Å². The Kier molecular flexibility index (Phi) is 7.34. The van der Waals surface area contributed by atoms with E-state index in [1.807, 2.05) is 0 Å². The molecule has 0 unspecified atom stereocenters. The molecule has 2 aromatic carbocycles. The van der Waals surface area contributed by atoms with Crippen LogP contribution in [-0.4, -0.2) is 58.1 Å². The van der Waals surface area contributed by atoms with Gasteiger partial charge in [0.15, 0.2) is 0 Å². The van der Waals surface area contributed by atoms with E-state index in [0.29, 0.717) is 11.4 Å². The first-order valence-corrected chi connectivity index (χ1v) is 12.8. The Bertz CT molecular complexity index is 1710. The maximum atomic E-state index is 14.6. The fourth-order valence-electron chi connectivity index (χ4n) is 4.58. The van der Waals surface area contributed by atoms with Crippen LogP contribution < -0.4 is 20.5 Å². The van der Waals surface area contributed by atoms with E-state index in [1.165, 1.54) is 37.0 Å². The van der Waals surface area contributed by atoms with Crippen LogP contribution in [0.3, 0.4) is 0 Å². The Balaban J connectivity index is 1.52. The molecule has 4 aromatic rings. The second-order valence-electron chi connectivity index (χ2n) is 10.1. The summed E-state index contributed by atoms with van der Waals surface area (Å²) in [6, 6.07) is 12.3. The number of halogens is 4. The highest BCUT2D eigenvalue weighted by Crippen LogP contribution is 2.47. The van der Waals surface area contributed by atoms with Crippen LogP contribution in [0.4, 0.5) is 17.6 Å². The first kappa shape index (κ1) is 29.5. The van der Waals surface area contributed by atoms with Gasteiger partial charge in [-0.25, -0.2) is 14.1 Å². The summed E-state index contributed by atoms with van der Waals surface area (Å²) in [4.78, 5) is 29.3. The molecule has 5 rings (SSSR count). The lowest BCUT2D eigenvalue weighted by atomic mass is 9.81. The lowest BCUT2D eigenvalue weighted by molar-refractivity contribution is -0.265. The third kappa shape index (κ3) is 5.25. The van der Waals surface area contributed by atoms with Crippen LogP contribution in [0, 0.1) is 5.82 Å². The number of amides is 2. The van der Waals surface area contributed by atoms with E-state index < -0.39 is 47.1 Å². The topological polar surface area (TPSA) is 142 Å². The van der Waals surface area contributed by atoms with Crippen LogP contribution in [0.25, 0.3) is 16.9 Å². The van der Waals surface area contributed by atoms with E-state index in [-0.39, 0.29) is 34.7 Å². The van der Waals surface area contributed by atoms with Crippen LogP contribution in [0.15, 0.2) is 67.0 Å². The van der Waals surface area contributed by atoms with Crippen molar-refractivity contribution in [3.05, 3.63) is 89.6 Å². The van der Waals surface area contributed by atoms with Gasteiger partial charge in [0.2, 0.25) is 11.5 Å². The molecule has 2 amide bonds. The molecule has 2 atom stereocenters. The Morgan fingerprint density at radius 3 is 2.56 bits per heavy atom. The van der Waals surface area contributed by atoms with E-state index in [2.05, 4.69) is 15.4 Å². The summed E-state index contributed by atoms with van der Waals surface area (Å²) in [7, 11) is 1.47. The molecule has 0 aliphatic carbocycles. The maximum Gasteiger partial charge on any atom is 0.424 e. The van der Waals surface area contributed by atoms with Gasteiger partial charge in [0.1, 0.15) is 35.0 Å². The number of nitrogens with two attached hydrogens (primary N) is 1. The zero-order chi connectivity index (χ0) is 31.2. The molecular formula is C29H25F4N5O5. The molecule has 1 aliphatic rings. The van der Waals surface area contributed by atoms with Crippen molar-refractivity contribution in [2.45, 2.75) is 24.1 Å². The maximum absolute atomic E-state index is 14.6. The van der Waals surface area contributed by atoms with Gasteiger partial charge >= 0.3 is 6.18 Å². The molecule has 224 valence electrons. The molecule has 2 aromatic heterocycles. The number of nitrogens with one attached hydrogen (secondary N) is 1. The van der Waals surface area contributed by atoms with E-state index in [4.69, 9.17) is 15.2 Å². The Morgan fingerprint density at radius 2 is 1.91 bits per heavy atom. The van der Waals surface area contributed by atoms with Crippen LogP contribution in [-0.2, 0) is 15.8 Å². The number of carbonyl (C=O) groups is 2. The van der Waals surface area contributed by atoms with Crippen LogP contribution >= 0.6 is 0 Å². The summed E-state index contributed by atoms with van der Waals surface area (Å²) in [6.07, 6.45) is -2.90. The highest BCUT2D eigenvalue weighted by Gasteiger charge is 2.57. The van der Waals surface area contributed by atoms with Gasteiger partial charge in [0, 0.05) is 23.4 Å². The molecule has 0 saturated heterocycles. The smallest absolute Gasteiger partial charge is 0.424 e. The minimum Gasteiger partial charge on any atom is -0.497 e. The Hall–Kier alpha value is -4.98. The van der Waals surface area contributed by atoms with E-state index in [0.717, 1.165) is 24.4 Å². The molecule has 4 N–H and O–H groups in total. The minimum atomic E-state index is -5.35. The number of pyridine rings is 1. The molecular weight excluding hydrogens is 574 g/mol. The number of aliphatic hydroxyl groups is 1. The van der Waals surface area contributed by atoms with E-state index in [1.54, 1.807) is 24.3 Å². The second kappa shape index (κ2) is 10.7. The fraction of sp³-hybridized carbons (Fsp3) is 0.241. The second-order valence-corrected chi connectivity index (χ2v) is 10.1. The number of carbonyl (C=O) groups excluding carboxylic acids is 2. The lowest BCUT2D eigenvalue weighted by Gasteiger charge is -2.31. The summed E-state index contributed by atoms with van der Waals surface area (Å²) < 4.78 is 69.5. The Morgan fingerprint density at radius 1 is 1.19 bits per heavy atom. The van der Waals surface area contributed by atoms with Gasteiger partial charge in [-0.15, -0.1) is 0 Å². The lowest BCUT2D eigenvalue weighted by Crippen LogP contribution is -2.51. The van der Waals surface area contributed by atoms with Crippen LogP contribution in [0.2, 0.25) is 0 Å². The largest absolute Gasteiger partial charge is 0.497 e. The zero-order valence-corrected chi connectivity index (χ0v) is 22.8. The summed E-state index contributed by atoms with van der Waals surface area (Å²) in [5.74, 6) is -1.96. The molecule has 1 aliphatic heterocycles. The number of fused-ring (bicyclic) bond motifs is 1. The quantitative estimate of drug-likeness (QED) is 0.264. The molecule has 0 fully saturated rings. The van der Waals surface area contributed by atoms with Gasteiger partial charge in [-0.05, 0) is 49.4 Å². The normalized spacial score (nSPS) is 17.5. The summed E-state index contributed by atoms with van der Waals surface area (Å²) in [5.41, 5.74) is -0.257. The third-order valence-corrected chi connectivity index (χ3v) is 7.29. The predicted molar refractivity (Wildman–Crippen MR) is 144 cm³/mol. The highest BCUT2D eigenvalue weighted by atomic mass is 19.4. The first-order chi connectivity index (χ1) is 20.3. The van der Waals surface area contributed by atoms with Gasteiger partial charge < -0.3 is 25.6 Å². The highest BCUT2D eigenvalue weighted by molar-refractivity contribution is 5.94. The molecule has 10 nitrogen and oxygen atoms in total. The van der Waals surface area contributed by atoms with Crippen molar-refractivity contribution in [3.63, 3.8) is 0 Å². The Labute approximate surface area is 242 Å². The van der Waals surface area contributed by atoms with Crippen molar-refractivity contribution in [2.24, 2.45) is 5.73 Å². The first-order valence-electron chi connectivity index (χ1n) is 12.8. The number of methoxy groups -OCH3 is 1. The van der Waals surface area contributed by atoms with Crippen molar-refractivity contribution >= 4 is 11.8 Å². The molecule has 0 radical (unpaired) electrons. The van der Waals surface area contributed by atoms with E-state index >= 15 is 0 Å². The van der Waals surface area contributed by atoms with Gasteiger partial charge in [-0.3, -0.25) is 9.59 Å². The molecule has 0 bridgehead atoms. The number of alkyl halides is 3. The molecule has 3 heterocycles. The summed E-state index contributed by atoms with van der Waals surface area (Å²) >= 11 is 0. The third-order valence-electron chi connectivity index (χ3n) is 7.29. The van der Waals surface area contributed by atoms with Crippen molar-refractivity contribution in [2.75, 3.05) is 20.3 Å². The number of nitrogens with zero attached hydrogens (tertiary/aromatic N) is 3. The van der Waals surface area contributed by atoms with Crippen molar-refractivity contribution in [1.29, 1.82) is 0 Å². The van der Waals surface area contributed by atoms with Gasteiger partial charge in [-0.1, -0.05) is 6.07 Å². The SMILES string of the molecule is COc1cccc(-n2cc(C(=O)NC[C@](O)(c3cc4c(c(-c5ccc(F)cc5)n3)OC[C@]4(C)C(N)=O)C(F)(F)F)cn2)c1. The fourth-order valence-corrected chi connectivity index (χ4v) is 4.58. The van der Waals surface area contributed by atoms with Crippen LogP contribution in [0.1, 0.15) is 28.5 Å². The number of rotatable bonds is 8. The standard InChI is InChI=1S/C29H25F4N5O5/c1-27(26(34)40)15-43-24-21(27)11-22(37-23(24)16-6-8-18(30)9-7-16)28(41,29(31,32)33)14-35-25(39)17-12-36-38(13-17)19-4-3-5-20(10-19)42-2/h3-13,41H,14-15H2,1-2H3,(H2,34,40)(H,35,39)/t27-,28-/m0/s1. The number of ether oxygens (including phenoxy) is 2. The number of hydrogen-bond donors (Lipinski definition) is 3. The van der Waals surface area contributed by atoms with Gasteiger partial charge in [0.05, 0.1) is 36.8 Å². The number of hydrogen-bond acceptors (Lipinski definition) is 7. The van der Waals surface area contributed by atoms with Gasteiger partial charge in [0.25, 0.3) is 5.91 Å². The number of aromatic nitrogens is 3. The molecule has 0 saturated carbocycles. The van der Waals surface area contributed by atoms with Crippen molar-refractivity contribution in [3.8, 4) is 28.4 Å². The molecule has 14 heteroatoms. The van der Waals surface area contributed by atoms with Crippen molar-refractivity contribution < 1.29 is 41.7 Å². The molecule has 0 spiro atoms. The predicted octanol–water partition coefficient (Wildman–Crippen LogP) is 3.40.